The smallest absolute Gasteiger partial charge is 0.223 e. The van der Waals surface area contributed by atoms with Crippen LogP contribution in [0.4, 0.5) is 5.95 Å². The maximum absolute atomic E-state index is 5.30. The van der Waals surface area contributed by atoms with Crippen LogP contribution in [-0.2, 0) is 13.0 Å². The predicted octanol–water partition coefficient (Wildman–Crippen LogP) is 3.99. The van der Waals surface area contributed by atoms with Gasteiger partial charge >= 0.3 is 0 Å². The highest BCUT2D eigenvalue weighted by Gasteiger charge is 2.21. The largest absolute Gasteiger partial charge is 0.497 e. The molecule has 1 aliphatic heterocycles. The van der Waals surface area contributed by atoms with E-state index in [-0.39, 0.29) is 0 Å². The molecule has 0 spiro atoms. The quantitative estimate of drug-likeness (QED) is 0.506. The number of hydrogen-bond donors (Lipinski definition) is 2. The van der Waals surface area contributed by atoms with Gasteiger partial charge in [-0.25, -0.2) is 9.97 Å². The molecule has 1 aliphatic rings. The lowest BCUT2D eigenvalue weighted by Gasteiger charge is -2.27. The monoisotopic (exact) mass is 431 g/mol. The number of ether oxygens (including phenoxy) is 1. The maximum atomic E-state index is 5.30. The minimum absolute atomic E-state index is 0.628. The summed E-state index contributed by atoms with van der Waals surface area (Å²) in [6.07, 6.45) is 3.93. The molecule has 32 heavy (non-hydrogen) atoms. The number of benzene rings is 2. The van der Waals surface area contributed by atoms with E-state index in [1.54, 1.807) is 7.11 Å². The summed E-state index contributed by atoms with van der Waals surface area (Å²) in [4.78, 5) is 11.7. The molecule has 0 bridgehead atoms. The van der Waals surface area contributed by atoms with Crippen LogP contribution in [0.15, 0.2) is 60.8 Å². The highest BCUT2D eigenvalue weighted by molar-refractivity contribution is 5.61. The van der Waals surface area contributed by atoms with Crippen LogP contribution in [0.25, 0.3) is 11.3 Å². The molecule has 3 aromatic rings. The topological polar surface area (TPSA) is 62.3 Å². The van der Waals surface area contributed by atoms with E-state index >= 15 is 0 Å². The van der Waals surface area contributed by atoms with Gasteiger partial charge in [0.1, 0.15) is 5.75 Å². The Morgan fingerprint density at radius 3 is 2.81 bits per heavy atom. The molecule has 2 heterocycles. The van der Waals surface area contributed by atoms with Crippen LogP contribution >= 0.6 is 0 Å². The van der Waals surface area contributed by atoms with E-state index in [0.29, 0.717) is 12.0 Å². The second-order valence-electron chi connectivity index (χ2n) is 8.20. The van der Waals surface area contributed by atoms with E-state index in [1.165, 1.54) is 17.5 Å². The molecule has 1 saturated heterocycles. The van der Waals surface area contributed by atoms with Crippen molar-refractivity contribution in [3.05, 3.63) is 71.9 Å². The predicted molar refractivity (Wildman–Crippen MR) is 130 cm³/mol. The Kier molecular flexibility index (Phi) is 7.69. The summed E-state index contributed by atoms with van der Waals surface area (Å²) in [7, 11) is 1.69. The molecule has 6 nitrogen and oxygen atoms in total. The normalized spacial score (nSPS) is 15.8. The summed E-state index contributed by atoms with van der Waals surface area (Å²) in [5.41, 5.74) is 4.61. The van der Waals surface area contributed by atoms with E-state index in [9.17, 15) is 0 Å². The van der Waals surface area contributed by atoms with E-state index in [2.05, 4.69) is 63.8 Å². The molecule has 168 valence electrons. The Morgan fingerprint density at radius 1 is 1.12 bits per heavy atom. The molecule has 0 amide bonds. The molecule has 0 radical (unpaired) electrons. The number of methoxy groups -OCH3 is 1. The second-order valence-corrected chi connectivity index (χ2v) is 8.20. The van der Waals surface area contributed by atoms with Crippen molar-refractivity contribution < 1.29 is 4.74 Å². The first-order chi connectivity index (χ1) is 15.7. The lowest BCUT2D eigenvalue weighted by molar-refractivity contribution is 0.210. The molecule has 1 atom stereocenters. The molecule has 0 aliphatic carbocycles. The molecule has 1 fully saturated rings. The first-order valence-electron chi connectivity index (χ1n) is 11.5. The van der Waals surface area contributed by atoms with Crippen molar-refractivity contribution in [3.8, 4) is 17.0 Å². The number of aromatic nitrogens is 2. The average Bonchev–Trinajstić information content (AvgIpc) is 3.38. The third-order valence-electron chi connectivity index (χ3n) is 6.05. The van der Waals surface area contributed by atoms with Crippen LogP contribution in [-0.4, -0.2) is 54.2 Å². The summed E-state index contributed by atoms with van der Waals surface area (Å²) in [5.74, 6) is 1.54. The van der Waals surface area contributed by atoms with Gasteiger partial charge in [0, 0.05) is 37.4 Å². The summed E-state index contributed by atoms with van der Waals surface area (Å²) in [6, 6.07) is 19.5. The van der Waals surface area contributed by atoms with Crippen LogP contribution in [0.3, 0.4) is 0 Å². The molecule has 6 heteroatoms. The van der Waals surface area contributed by atoms with Gasteiger partial charge in [0.15, 0.2) is 0 Å². The fourth-order valence-corrected chi connectivity index (χ4v) is 4.26. The van der Waals surface area contributed by atoms with Gasteiger partial charge in [-0.3, -0.25) is 4.90 Å². The van der Waals surface area contributed by atoms with E-state index in [0.717, 1.165) is 56.2 Å². The van der Waals surface area contributed by atoms with Crippen LogP contribution in [0, 0.1) is 0 Å². The van der Waals surface area contributed by atoms with Gasteiger partial charge in [-0.1, -0.05) is 37.3 Å². The SMILES string of the molecule is CCN(Cc1cccc(-c2ccnc(NCCc3cccc(OC)c3)n2)c1)C1CCNC1. The number of hydrogen-bond acceptors (Lipinski definition) is 6. The molecular formula is C26H33N5O. The van der Waals surface area contributed by atoms with Crippen LogP contribution in [0.5, 0.6) is 5.75 Å². The number of anilines is 1. The number of likely N-dealkylation sites (N-methyl/N-ethyl adjacent to an activating group) is 1. The first kappa shape index (κ1) is 22.2. The van der Waals surface area contributed by atoms with Gasteiger partial charge in [-0.15, -0.1) is 0 Å². The van der Waals surface area contributed by atoms with Crippen molar-refractivity contribution in [3.63, 3.8) is 0 Å². The minimum atomic E-state index is 0.628. The van der Waals surface area contributed by atoms with Gasteiger partial charge in [-0.05, 0) is 61.3 Å². The van der Waals surface area contributed by atoms with Crippen molar-refractivity contribution in [1.29, 1.82) is 0 Å². The molecule has 1 aromatic heterocycles. The Morgan fingerprint density at radius 2 is 2.00 bits per heavy atom. The van der Waals surface area contributed by atoms with Gasteiger partial charge < -0.3 is 15.4 Å². The average molecular weight is 432 g/mol. The number of nitrogens with zero attached hydrogens (tertiary/aromatic N) is 3. The molecule has 1 unspecified atom stereocenters. The zero-order valence-electron chi connectivity index (χ0n) is 19.1. The Balaban J connectivity index is 1.39. The lowest BCUT2D eigenvalue weighted by Crippen LogP contribution is -2.36. The summed E-state index contributed by atoms with van der Waals surface area (Å²) in [6.45, 7) is 7.24. The van der Waals surface area contributed by atoms with Gasteiger partial charge in [0.25, 0.3) is 0 Å². The molecular weight excluding hydrogens is 398 g/mol. The zero-order chi connectivity index (χ0) is 22.2. The third kappa shape index (κ3) is 5.84. The van der Waals surface area contributed by atoms with Crippen LogP contribution in [0.2, 0.25) is 0 Å². The van der Waals surface area contributed by atoms with Crippen molar-refractivity contribution >= 4 is 5.95 Å². The summed E-state index contributed by atoms with van der Waals surface area (Å²) in [5, 5.41) is 6.83. The molecule has 4 rings (SSSR count). The Labute approximate surface area is 191 Å². The van der Waals surface area contributed by atoms with Gasteiger partial charge in [0.05, 0.1) is 12.8 Å². The summed E-state index contributed by atoms with van der Waals surface area (Å²) < 4.78 is 5.30. The van der Waals surface area contributed by atoms with E-state index < -0.39 is 0 Å². The van der Waals surface area contributed by atoms with Crippen LogP contribution < -0.4 is 15.4 Å². The molecule has 2 N–H and O–H groups in total. The van der Waals surface area contributed by atoms with E-state index in [1.807, 2.05) is 24.4 Å². The highest BCUT2D eigenvalue weighted by Crippen LogP contribution is 2.21. The zero-order valence-corrected chi connectivity index (χ0v) is 19.1. The fraction of sp³-hybridized carbons (Fsp3) is 0.385. The highest BCUT2D eigenvalue weighted by atomic mass is 16.5. The fourth-order valence-electron chi connectivity index (χ4n) is 4.26. The van der Waals surface area contributed by atoms with Crippen LogP contribution in [0.1, 0.15) is 24.5 Å². The first-order valence-corrected chi connectivity index (χ1v) is 11.5. The number of nitrogens with one attached hydrogen (secondary N) is 2. The number of rotatable bonds is 10. The van der Waals surface area contributed by atoms with Gasteiger partial charge in [-0.2, -0.15) is 0 Å². The van der Waals surface area contributed by atoms with Gasteiger partial charge in [0.2, 0.25) is 5.95 Å². The van der Waals surface area contributed by atoms with Crippen molar-refractivity contribution in [2.75, 3.05) is 38.6 Å². The standard InChI is InChI=1S/C26H33N5O/c1-3-31(23-11-13-27-18-23)19-21-7-4-8-22(16-21)25-12-15-29-26(30-25)28-14-10-20-6-5-9-24(17-20)32-2/h4-9,12,15-17,23,27H,3,10-11,13-14,18-19H2,1-2H3,(H,28,29,30). The van der Waals surface area contributed by atoms with Crippen molar-refractivity contribution in [1.82, 2.24) is 20.2 Å². The minimum Gasteiger partial charge on any atom is -0.497 e. The Bertz CT molecular complexity index is 1000. The molecule has 0 saturated carbocycles. The molecule has 2 aromatic carbocycles. The third-order valence-corrected chi connectivity index (χ3v) is 6.05. The van der Waals surface area contributed by atoms with Crippen molar-refractivity contribution in [2.45, 2.75) is 32.4 Å². The maximum Gasteiger partial charge on any atom is 0.223 e. The van der Waals surface area contributed by atoms with E-state index in [4.69, 9.17) is 9.72 Å². The Hall–Kier alpha value is -2.96. The summed E-state index contributed by atoms with van der Waals surface area (Å²) >= 11 is 0. The van der Waals surface area contributed by atoms with Crippen molar-refractivity contribution in [2.24, 2.45) is 0 Å². The lowest BCUT2D eigenvalue weighted by atomic mass is 10.1. The second kappa shape index (κ2) is 11.1.